The minimum absolute atomic E-state index is 0.361. The quantitative estimate of drug-likeness (QED) is 0.625. The Hall–Kier alpha value is -2.01. The fourth-order valence-electron chi connectivity index (χ4n) is 1.58. The predicted octanol–water partition coefficient (Wildman–Crippen LogP) is 3.17. The molecule has 2 rings (SSSR count). The van der Waals surface area contributed by atoms with E-state index in [1.807, 2.05) is 30.5 Å². The molecule has 0 saturated carbocycles. The molecule has 2 aromatic rings. The van der Waals surface area contributed by atoms with E-state index in [1.54, 1.807) is 23.9 Å². The van der Waals surface area contributed by atoms with Gasteiger partial charge in [0.2, 0.25) is 0 Å². The van der Waals surface area contributed by atoms with Gasteiger partial charge < -0.3 is 9.47 Å². The van der Waals surface area contributed by atoms with Gasteiger partial charge >= 0.3 is 5.97 Å². The molecule has 0 atom stereocenters. The number of aromatic nitrogens is 1. The molecule has 0 aliphatic rings. The van der Waals surface area contributed by atoms with Gasteiger partial charge in [0.05, 0.1) is 18.4 Å². The average molecular weight is 289 g/mol. The summed E-state index contributed by atoms with van der Waals surface area (Å²) in [5.41, 5.74) is 1.19. The first-order valence-corrected chi connectivity index (χ1v) is 7.25. The van der Waals surface area contributed by atoms with E-state index in [9.17, 15) is 4.79 Å². The van der Waals surface area contributed by atoms with Crippen molar-refractivity contribution in [2.75, 3.05) is 13.4 Å². The lowest BCUT2D eigenvalue weighted by Gasteiger charge is -2.06. The third kappa shape index (κ3) is 3.74. The van der Waals surface area contributed by atoms with E-state index in [0.717, 1.165) is 11.4 Å². The number of benzene rings is 1. The van der Waals surface area contributed by atoms with Gasteiger partial charge in [-0.05, 0) is 42.7 Å². The number of pyridine rings is 1. The molecule has 0 bridgehead atoms. The maximum atomic E-state index is 11.3. The normalized spacial score (nSPS) is 10.1. The van der Waals surface area contributed by atoms with Crippen molar-refractivity contribution in [2.24, 2.45) is 0 Å². The van der Waals surface area contributed by atoms with Crippen LogP contribution in [-0.2, 0) is 11.3 Å². The van der Waals surface area contributed by atoms with Crippen LogP contribution in [0.5, 0.6) is 5.75 Å². The van der Waals surface area contributed by atoms with Crippen LogP contribution in [-0.4, -0.2) is 24.3 Å². The molecule has 1 heterocycles. The molecule has 0 aliphatic carbocycles. The third-order valence-electron chi connectivity index (χ3n) is 2.69. The molecule has 1 aromatic carbocycles. The second-order valence-corrected chi connectivity index (χ2v) is 4.87. The molecule has 20 heavy (non-hydrogen) atoms. The molecular weight excluding hydrogens is 274 g/mol. The Morgan fingerprint density at radius 2 is 1.95 bits per heavy atom. The van der Waals surface area contributed by atoms with Crippen LogP contribution in [0.1, 0.15) is 16.1 Å². The summed E-state index contributed by atoms with van der Waals surface area (Å²) in [6.07, 6.45) is 3.52. The average Bonchev–Trinajstić information content (AvgIpc) is 2.53. The van der Waals surface area contributed by atoms with E-state index in [0.29, 0.717) is 12.2 Å². The highest BCUT2D eigenvalue weighted by Gasteiger charge is 2.05. The molecule has 0 aliphatic heterocycles. The maximum absolute atomic E-state index is 11.3. The summed E-state index contributed by atoms with van der Waals surface area (Å²) in [7, 11) is 1.34. The number of hydrogen-bond acceptors (Lipinski definition) is 5. The molecule has 0 amide bonds. The van der Waals surface area contributed by atoms with Crippen molar-refractivity contribution in [2.45, 2.75) is 11.5 Å². The molecule has 0 fully saturated rings. The number of nitrogens with zero attached hydrogens (tertiary/aromatic N) is 1. The Bertz CT molecular complexity index is 567. The highest BCUT2D eigenvalue weighted by Crippen LogP contribution is 2.19. The van der Waals surface area contributed by atoms with Gasteiger partial charge in [-0.1, -0.05) is 0 Å². The smallest absolute Gasteiger partial charge is 0.339 e. The summed E-state index contributed by atoms with van der Waals surface area (Å²) >= 11 is 1.69. The lowest BCUT2D eigenvalue weighted by molar-refractivity contribution is 0.0600. The zero-order chi connectivity index (χ0) is 14.4. The van der Waals surface area contributed by atoms with Gasteiger partial charge in [0.25, 0.3) is 0 Å². The van der Waals surface area contributed by atoms with Crippen molar-refractivity contribution in [3.8, 4) is 5.75 Å². The molecule has 0 unspecified atom stereocenters. The van der Waals surface area contributed by atoms with Crippen molar-refractivity contribution >= 4 is 17.7 Å². The van der Waals surface area contributed by atoms with Gasteiger partial charge in [-0.15, -0.1) is 11.8 Å². The van der Waals surface area contributed by atoms with Crippen LogP contribution in [0.4, 0.5) is 0 Å². The second-order valence-electron chi connectivity index (χ2n) is 3.99. The first-order chi connectivity index (χ1) is 9.72. The molecule has 0 spiro atoms. The van der Waals surface area contributed by atoms with Crippen molar-refractivity contribution in [3.05, 3.63) is 53.9 Å². The number of rotatable bonds is 5. The SMILES string of the molecule is COC(=O)c1ccc(COc2ccc(SC)cc2)nc1. The first kappa shape index (κ1) is 14.4. The summed E-state index contributed by atoms with van der Waals surface area (Å²) in [4.78, 5) is 16.6. The predicted molar refractivity (Wildman–Crippen MR) is 78.1 cm³/mol. The molecular formula is C15H15NO3S. The van der Waals surface area contributed by atoms with Crippen LogP contribution in [0.3, 0.4) is 0 Å². The molecule has 0 radical (unpaired) electrons. The Morgan fingerprint density at radius 3 is 2.50 bits per heavy atom. The largest absolute Gasteiger partial charge is 0.487 e. The summed E-state index contributed by atoms with van der Waals surface area (Å²) in [6.45, 7) is 0.361. The molecule has 0 saturated heterocycles. The highest BCUT2D eigenvalue weighted by atomic mass is 32.2. The molecule has 0 N–H and O–H groups in total. The van der Waals surface area contributed by atoms with Crippen LogP contribution >= 0.6 is 11.8 Å². The van der Waals surface area contributed by atoms with Crippen LogP contribution < -0.4 is 4.74 Å². The standard InChI is InChI=1S/C15H15NO3S/c1-18-15(17)11-3-4-12(16-9-11)10-19-13-5-7-14(20-2)8-6-13/h3-9H,10H2,1-2H3. The van der Waals surface area contributed by atoms with Crippen molar-refractivity contribution < 1.29 is 14.3 Å². The number of ether oxygens (including phenoxy) is 2. The van der Waals surface area contributed by atoms with Crippen molar-refractivity contribution in [1.82, 2.24) is 4.98 Å². The molecule has 104 valence electrons. The number of carbonyl (C=O) groups is 1. The van der Waals surface area contributed by atoms with E-state index in [4.69, 9.17) is 4.74 Å². The van der Waals surface area contributed by atoms with Gasteiger partial charge in [-0.2, -0.15) is 0 Å². The van der Waals surface area contributed by atoms with E-state index < -0.39 is 5.97 Å². The van der Waals surface area contributed by atoms with Gasteiger partial charge in [0.15, 0.2) is 0 Å². The maximum Gasteiger partial charge on any atom is 0.339 e. The summed E-state index contributed by atoms with van der Waals surface area (Å²) in [5.74, 6) is 0.402. The number of methoxy groups -OCH3 is 1. The summed E-state index contributed by atoms with van der Waals surface area (Å²) < 4.78 is 10.2. The minimum atomic E-state index is -0.391. The number of thioether (sulfide) groups is 1. The molecule has 1 aromatic heterocycles. The van der Waals surface area contributed by atoms with Crippen molar-refractivity contribution in [1.29, 1.82) is 0 Å². The van der Waals surface area contributed by atoms with E-state index in [2.05, 4.69) is 9.72 Å². The van der Waals surface area contributed by atoms with E-state index >= 15 is 0 Å². The first-order valence-electron chi connectivity index (χ1n) is 6.03. The van der Waals surface area contributed by atoms with Crippen LogP contribution in [0.2, 0.25) is 0 Å². The van der Waals surface area contributed by atoms with Crippen LogP contribution in [0.15, 0.2) is 47.5 Å². The molecule has 5 heteroatoms. The van der Waals surface area contributed by atoms with Crippen LogP contribution in [0.25, 0.3) is 0 Å². The Kier molecular flexibility index (Phi) is 5.01. The summed E-state index contributed by atoms with van der Waals surface area (Å²) in [5, 5.41) is 0. The Morgan fingerprint density at radius 1 is 1.20 bits per heavy atom. The van der Waals surface area contributed by atoms with Gasteiger partial charge in [-0.3, -0.25) is 4.98 Å². The number of esters is 1. The van der Waals surface area contributed by atoms with E-state index in [1.165, 1.54) is 18.2 Å². The van der Waals surface area contributed by atoms with Gasteiger partial charge in [0, 0.05) is 11.1 Å². The number of carbonyl (C=O) groups excluding carboxylic acids is 1. The fourth-order valence-corrected chi connectivity index (χ4v) is 1.99. The Balaban J connectivity index is 1.94. The minimum Gasteiger partial charge on any atom is -0.487 e. The Labute approximate surface area is 122 Å². The molecule has 4 nitrogen and oxygen atoms in total. The summed E-state index contributed by atoms with van der Waals surface area (Å²) in [6, 6.07) is 11.3. The lowest BCUT2D eigenvalue weighted by atomic mass is 10.2. The zero-order valence-electron chi connectivity index (χ0n) is 11.3. The van der Waals surface area contributed by atoms with Gasteiger partial charge in [0.1, 0.15) is 12.4 Å². The highest BCUT2D eigenvalue weighted by molar-refractivity contribution is 7.98. The van der Waals surface area contributed by atoms with Crippen molar-refractivity contribution in [3.63, 3.8) is 0 Å². The van der Waals surface area contributed by atoms with E-state index in [-0.39, 0.29) is 0 Å². The zero-order valence-corrected chi connectivity index (χ0v) is 12.1. The fraction of sp³-hybridized carbons (Fsp3) is 0.200. The van der Waals surface area contributed by atoms with Crippen LogP contribution in [0, 0.1) is 0 Å². The van der Waals surface area contributed by atoms with Gasteiger partial charge in [-0.25, -0.2) is 4.79 Å². The third-order valence-corrected chi connectivity index (χ3v) is 3.44. The lowest BCUT2D eigenvalue weighted by Crippen LogP contribution is -2.04. The topological polar surface area (TPSA) is 48.4 Å². The monoisotopic (exact) mass is 289 g/mol. The number of hydrogen-bond donors (Lipinski definition) is 0. The second kappa shape index (κ2) is 6.96.